The number of methoxy groups -OCH3 is 1. The van der Waals surface area contributed by atoms with Crippen LogP contribution in [0.5, 0.6) is 5.88 Å². The van der Waals surface area contributed by atoms with Gasteiger partial charge in [0.25, 0.3) is 0 Å². The Morgan fingerprint density at radius 2 is 2.12 bits per heavy atom. The van der Waals surface area contributed by atoms with Crippen LogP contribution in [0.2, 0.25) is 0 Å². The van der Waals surface area contributed by atoms with E-state index < -0.39 is 0 Å². The SMILES string of the molecule is COc1ccc(-c2ncc(CO)c(C)n2)nn1. The van der Waals surface area contributed by atoms with Gasteiger partial charge >= 0.3 is 0 Å². The van der Waals surface area contributed by atoms with Crippen LogP contribution in [0.4, 0.5) is 0 Å². The van der Waals surface area contributed by atoms with Crippen molar-refractivity contribution in [3.8, 4) is 17.4 Å². The van der Waals surface area contributed by atoms with Gasteiger partial charge in [-0.1, -0.05) is 0 Å². The molecular weight excluding hydrogens is 220 g/mol. The first-order valence-electron chi connectivity index (χ1n) is 5.06. The Bertz CT molecular complexity index is 513. The van der Waals surface area contributed by atoms with E-state index >= 15 is 0 Å². The van der Waals surface area contributed by atoms with Crippen molar-refractivity contribution < 1.29 is 9.84 Å². The highest BCUT2D eigenvalue weighted by Gasteiger charge is 2.07. The van der Waals surface area contributed by atoms with Gasteiger partial charge in [-0.05, 0) is 13.0 Å². The fourth-order valence-corrected chi connectivity index (χ4v) is 1.32. The molecule has 1 N–H and O–H groups in total. The van der Waals surface area contributed by atoms with Crippen molar-refractivity contribution in [3.63, 3.8) is 0 Å². The summed E-state index contributed by atoms with van der Waals surface area (Å²) in [5, 5.41) is 16.8. The number of aliphatic hydroxyl groups is 1. The lowest BCUT2D eigenvalue weighted by molar-refractivity contribution is 0.280. The molecule has 17 heavy (non-hydrogen) atoms. The summed E-state index contributed by atoms with van der Waals surface area (Å²) in [4.78, 5) is 8.38. The molecule has 2 heterocycles. The Kier molecular flexibility index (Phi) is 3.24. The van der Waals surface area contributed by atoms with E-state index in [1.807, 2.05) is 6.92 Å². The van der Waals surface area contributed by atoms with Crippen molar-refractivity contribution in [2.24, 2.45) is 0 Å². The lowest BCUT2D eigenvalue weighted by Crippen LogP contribution is -2.00. The minimum atomic E-state index is -0.0690. The van der Waals surface area contributed by atoms with E-state index in [9.17, 15) is 0 Å². The molecule has 0 amide bonds. The molecule has 0 atom stereocenters. The van der Waals surface area contributed by atoms with Gasteiger partial charge in [0.15, 0.2) is 5.82 Å². The normalized spacial score (nSPS) is 10.3. The largest absolute Gasteiger partial charge is 0.480 e. The van der Waals surface area contributed by atoms with Gasteiger partial charge < -0.3 is 9.84 Å². The van der Waals surface area contributed by atoms with Gasteiger partial charge in [0.2, 0.25) is 5.88 Å². The molecule has 0 aliphatic rings. The van der Waals surface area contributed by atoms with Crippen molar-refractivity contribution >= 4 is 0 Å². The van der Waals surface area contributed by atoms with Gasteiger partial charge in [-0.15, -0.1) is 10.2 Å². The number of aliphatic hydroxyl groups excluding tert-OH is 1. The molecule has 2 aromatic heterocycles. The Morgan fingerprint density at radius 1 is 1.29 bits per heavy atom. The van der Waals surface area contributed by atoms with Crippen LogP contribution in [0, 0.1) is 6.92 Å². The molecule has 6 nitrogen and oxygen atoms in total. The van der Waals surface area contributed by atoms with Crippen LogP contribution in [0.1, 0.15) is 11.3 Å². The lowest BCUT2D eigenvalue weighted by Gasteiger charge is -2.04. The fraction of sp³-hybridized carbons (Fsp3) is 0.273. The summed E-state index contributed by atoms with van der Waals surface area (Å²) in [6.07, 6.45) is 1.59. The zero-order valence-corrected chi connectivity index (χ0v) is 9.58. The maximum absolute atomic E-state index is 9.02. The van der Waals surface area contributed by atoms with Crippen LogP contribution in [0.3, 0.4) is 0 Å². The van der Waals surface area contributed by atoms with Crippen LogP contribution in [0.25, 0.3) is 11.5 Å². The number of nitrogens with zero attached hydrogens (tertiary/aromatic N) is 4. The van der Waals surface area contributed by atoms with Gasteiger partial charge in [-0.2, -0.15) is 0 Å². The van der Waals surface area contributed by atoms with E-state index in [1.54, 1.807) is 18.3 Å². The van der Waals surface area contributed by atoms with E-state index in [2.05, 4.69) is 20.2 Å². The number of rotatable bonds is 3. The zero-order chi connectivity index (χ0) is 12.3. The first-order valence-corrected chi connectivity index (χ1v) is 5.06. The number of aryl methyl sites for hydroxylation is 1. The Hall–Kier alpha value is -2.08. The van der Waals surface area contributed by atoms with Gasteiger partial charge in [0.05, 0.1) is 13.7 Å². The second-order valence-electron chi connectivity index (χ2n) is 3.42. The maximum atomic E-state index is 9.02. The highest BCUT2D eigenvalue weighted by Crippen LogP contribution is 2.14. The number of aromatic nitrogens is 4. The summed E-state index contributed by atoms with van der Waals surface area (Å²) in [6, 6.07) is 3.43. The van der Waals surface area contributed by atoms with Crippen molar-refractivity contribution in [2.75, 3.05) is 7.11 Å². The van der Waals surface area contributed by atoms with E-state index in [-0.39, 0.29) is 6.61 Å². The second-order valence-corrected chi connectivity index (χ2v) is 3.42. The highest BCUT2D eigenvalue weighted by molar-refractivity contribution is 5.48. The van der Waals surface area contributed by atoms with E-state index in [1.165, 1.54) is 7.11 Å². The van der Waals surface area contributed by atoms with Gasteiger partial charge in [-0.3, -0.25) is 0 Å². The number of hydrogen-bond acceptors (Lipinski definition) is 6. The molecule has 0 aliphatic heterocycles. The van der Waals surface area contributed by atoms with Crippen molar-refractivity contribution in [1.82, 2.24) is 20.2 Å². The molecule has 6 heteroatoms. The van der Waals surface area contributed by atoms with Crippen LogP contribution < -0.4 is 4.74 Å². The van der Waals surface area contributed by atoms with Crippen LogP contribution in [-0.4, -0.2) is 32.4 Å². The smallest absolute Gasteiger partial charge is 0.233 e. The minimum absolute atomic E-state index is 0.0690. The molecule has 88 valence electrons. The van der Waals surface area contributed by atoms with Gasteiger partial charge in [0.1, 0.15) is 5.69 Å². The zero-order valence-electron chi connectivity index (χ0n) is 9.58. The topological polar surface area (TPSA) is 81.0 Å². The standard InChI is InChI=1S/C11H12N4O2/c1-7-8(6-16)5-12-11(13-7)9-3-4-10(17-2)15-14-9/h3-5,16H,6H2,1-2H3. The van der Waals surface area contributed by atoms with Crippen molar-refractivity contribution in [1.29, 1.82) is 0 Å². The minimum Gasteiger partial charge on any atom is -0.480 e. The lowest BCUT2D eigenvalue weighted by atomic mass is 10.2. The predicted molar refractivity (Wildman–Crippen MR) is 60.3 cm³/mol. The van der Waals surface area contributed by atoms with Crippen LogP contribution in [0.15, 0.2) is 18.3 Å². The third-order valence-electron chi connectivity index (χ3n) is 2.33. The predicted octanol–water partition coefficient (Wildman–Crippen LogP) is 0.743. The molecule has 0 aromatic carbocycles. The molecule has 0 saturated heterocycles. The second kappa shape index (κ2) is 4.84. The molecule has 2 rings (SSSR count). The molecule has 2 aromatic rings. The molecular formula is C11H12N4O2. The molecule has 0 aliphatic carbocycles. The van der Waals surface area contributed by atoms with E-state index in [4.69, 9.17) is 9.84 Å². The Labute approximate surface area is 98.3 Å². The third kappa shape index (κ3) is 2.36. The van der Waals surface area contributed by atoms with Gasteiger partial charge in [0, 0.05) is 23.5 Å². The Morgan fingerprint density at radius 3 is 2.65 bits per heavy atom. The Balaban J connectivity index is 2.35. The highest BCUT2D eigenvalue weighted by atomic mass is 16.5. The maximum Gasteiger partial charge on any atom is 0.233 e. The first kappa shape index (κ1) is 11.4. The fourth-order valence-electron chi connectivity index (χ4n) is 1.32. The molecule has 0 unspecified atom stereocenters. The van der Waals surface area contributed by atoms with E-state index in [0.29, 0.717) is 23.0 Å². The molecule has 0 spiro atoms. The van der Waals surface area contributed by atoms with Crippen LogP contribution in [-0.2, 0) is 6.61 Å². The summed E-state index contributed by atoms with van der Waals surface area (Å²) in [6.45, 7) is 1.74. The average Bonchev–Trinajstić information content (AvgIpc) is 2.39. The van der Waals surface area contributed by atoms with Crippen molar-refractivity contribution in [2.45, 2.75) is 13.5 Å². The van der Waals surface area contributed by atoms with Gasteiger partial charge in [-0.25, -0.2) is 9.97 Å². The molecule has 0 radical (unpaired) electrons. The molecule has 0 bridgehead atoms. The average molecular weight is 232 g/mol. The summed E-state index contributed by atoms with van der Waals surface area (Å²) < 4.78 is 4.92. The monoisotopic (exact) mass is 232 g/mol. The number of ether oxygens (including phenoxy) is 1. The summed E-state index contributed by atoms with van der Waals surface area (Å²) in [7, 11) is 1.53. The molecule has 0 saturated carbocycles. The van der Waals surface area contributed by atoms with E-state index in [0.717, 1.165) is 5.69 Å². The first-order chi connectivity index (χ1) is 8.24. The molecule has 0 fully saturated rings. The summed E-state index contributed by atoms with van der Waals surface area (Å²) in [5.41, 5.74) is 2.00. The number of hydrogen-bond donors (Lipinski definition) is 1. The quantitative estimate of drug-likeness (QED) is 0.840. The third-order valence-corrected chi connectivity index (χ3v) is 2.33. The van der Waals surface area contributed by atoms with Crippen LogP contribution >= 0.6 is 0 Å². The summed E-state index contributed by atoms with van der Waals surface area (Å²) in [5.74, 6) is 0.923. The van der Waals surface area contributed by atoms with Crippen molar-refractivity contribution in [3.05, 3.63) is 29.6 Å². The summed E-state index contributed by atoms with van der Waals surface area (Å²) >= 11 is 0.